The molecular weight excluding hydrogens is 973 g/mol. The van der Waals surface area contributed by atoms with Crippen molar-refractivity contribution in [1.82, 2.24) is 21.3 Å². The number of allylic oxidation sites excluding steroid dienone is 2. The fourth-order valence-corrected chi connectivity index (χ4v) is 10.7. The van der Waals surface area contributed by atoms with E-state index < -0.39 is 24.0 Å². The number of nitrogens with one attached hydrogen (secondary N) is 6. The van der Waals surface area contributed by atoms with Crippen LogP contribution in [0.15, 0.2) is 126 Å². The Morgan fingerprint density at radius 2 is 0.973 bits per heavy atom. The Morgan fingerprint density at radius 1 is 0.541 bits per heavy atom. The quantitative estimate of drug-likeness (QED) is 0.0413. The van der Waals surface area contributed by atoms with Gasteiger partial charge in [-0.1, -0.05) is 98.1 Å². The molecule has 386 valence electrons. The van der Waals surface area contributed by atoms with Crippen LogP contribution in [0.25, 0.3) is 5.57 Å². The maximum absolute atomic E-state index is 13.0. The highest BCUT2D eigenvalue weighted by atomic mass is 32.1. The van der Waals surface area contributed by atoms with Crippen molar-refractivity contribution in [3.8, 4) is 0 Å². The first-order chi connectivity index (χ1) is 35.8. The van der Waals surface area contributed by atoms with E-state index in [1.165, 1.54) is 84.3 Å². The number of carboxylic acid groups (broad SMARTS) is 2. The summed E-state index contributed by atoms with van der Waals surface area (Å²) in [6.45, 7) is 4.03. The number of hydrogen-bond donors (Lipinski definition) is 8. The van der Waals surface area contributed by atoms with Gasteiger partial charge in [0.1, 0.15) is 0 Å². The topological polar surface area (TPSA) is 215 Å². The van der Waals surface area contributed by atoms with E-state index in [1.807, 2.05) is 73.1 Å². The Kier molecular flexibility index (Phi) is 19.7. The second-order valence-corrected chi connectivity index (χ2v) is 20.4. The molecule has 2 unspecified atom stereocenters. The molecule has 2 atom stereocenters. The van der Waals surface area contributed by atoms with E-state index in [-0.39, 0.29) is 49.8 Å². The highest BCUT2D eigenvalue weighted by Gasteiger charge is 2.22. The Hall–Kier alpha value is -7.56. The maximum Gasteiger partial charge on any atom is 0.320 e. The van der Waals surface area contributed by atoms with Crippen LogP contribution in [-0.2, 0) is 9.59 Å². The van der Waals surface area contributed by atoms with Gasteiger partial charge < -0.3 is 31.5 Å². The lowest BCUT2D eigenvalue weighted by Gasteiger charge is -2.24. The fraction of sp³-hybridized carbons (Fsp3) is 0.310. The number of amides is 6. The Bertz CT molecular complexity index is 2890. The van der Waals surface area contributed by atoms with Crippen LogP contribution in [0.4, 0.5) is 19.6 Å². The molecule has 1 fully saturated rings. The van der Waals surface area contributed by atoms with Crippen molar-refractivity contribution in [2.75, 3.05) is 23.7 Å². The molecule has 2 aliphatic carbocycles. The van der Waals surface area contributed by atoms with Gasteiger partial charge in [-0.2, -0.15) is 0 Å². The largest absolute Gasteiger partial charge is 0.481 e. The molecule has 0 aliphatic heterocycles. The van der Waals surface area contributed by atoms with Gasteiger partial charge in [0.25, 0.3) is 11.8 Å². The smallest absolute Gasteiger partial charge is 0.320 e. The number of carbonyl (C=O) groups excluding carboxylic acids is 4. The highest BCUT2D eigenvalue weighted by molar-refractivity contribution is 7.14. The number of thiophene rings is 2. The van der Waals surface area contributed by atoms with Gasteiger partial charge in [0.05, 0.1) is 34.9 Å². The van der Waals surface area contributed by atoms with E-state index in [9.17, 15) is 28.8 Å². The predicted molar refractivity (Wildman–Crippen MR) is 293 cm³/mol. The Balaban J connectivity index is 0.000000216. The van der Waals surface area contributed by atoms with Crippen LogP contribution >= 0.6 is 22.7 Å². The minimum Gasteiger partial charge on any atom is -0.481 e. The molecule has 6 amide bonds. The van der Waals surface area contributed by atoms with Crippen molar-refractivity contribution in [3.05, 3.63) is 182 Å². The second kappa shape index (κ2) is 26.9. The van der Waals surface area contributed by atoms with Gasteiger partial charge >= 0.3 is 24.0 Å². The van der Waals surface area contributed by atoms with E-state index in [0.29, 0.717) is 17.0 Å². The molecule has 8 rings (SSSR count). The first-order valence-corrected chi connectivity index (χ1v) is 26.9. The van der Waals surface area contributed by atoms with Gasteiger partial charge in [0.2, 0.25) is 0 Å². The van der Waals surface area contributed by atoms with Crippen LogP contribution in [0, 0.1) is 13.8 Å². The normalized spacial score (nSPS) is 14.2. The van der Waals surface area contributed by atoms with Crippen LogP contribution in [-0.4, -0.2) is 59.1 Å². The number of aryl methyl sites for hydroxylation is 2. The number of urea groups is 2. The number of hydrogen-bond acceptors (Lipinski definition) is 8. The van der Waals surface area contributed by atoms with Crippen LogP contribution in [0.1, 0.15) is 154 Å². The zero-order valence-corrected chi connectivity index (χ0v) is 43.3. The summed E-state index contributed by atoms with van der Waals surface area (Å²) in [5.41, 5.74) is 10.3. The molecular formula is C58H64N6O8S2. The third-order valence-corrected chi connectivity index (χ3v) is 15.1. The van der Waals surface area contributed by atoms with E-state index in [4.69, 9.17) is 10.2 Å². The van der Waals surface area contributed by atoms with Gasteiger partial charge in [-0.25, -0.2) is 9.59 Å². The van der Waals surface area contributed by atoms with Gasteiger partial charge in [-0.05, 0) is 156 Å². The minimum absolute atomic E-state index is 0.0607. The van der Waals surface area contributed by atoms with E-state index in [2.05, 4.69) is 74.4 Å². The van der Waals surface area contributed by atoms with E-state index in [0.717, 1.165) is 56.2 Å². The lowest BCUT2D eigenvalue weighted by Crippen LogP contribution is -2.33. The number of carbonyl (C=O) groups is 6. The van der Waals surface area contributed by atoms with Gasteiger partial charge in [0.15, 0.2) is 0 Å². The van der Waals surface area contributed by atoms with Gasteiger partial charge in [-0.15, -0.1) is 22.7 Å². The molecule has 8 N–H and O–H groups in total. The molecule has 14 nitrogen and oxygen atoms in total. The molecule has 0 spiro atoms. The monoisotopic (exact) mass is 1040 g/mol. The summed E-state index contributed by atoms with van der Waals surface area (Å²) in [5, 5.41) is 40.3. The van der Waals surface area contributed by atoms with Crippen LogP contribution in [0.2, 0.25) is 0 Å². The Morgan fingerprint density at radius 3 is 1.36 bits per heavy atom. The molecule has 0 bridgehead atoms. The maximum atomic E-state index is 13.0. The minimum atomic E-state index is -0.966. The summed E-state index contributed by atoms with van der Waals surface area (Å²) >= 11 is 2.94. The second-order valence-electron chi connectivity index (χ2n) is 18.6. The van der Waals surface area contributed by atoms with E-state index >= 15 is 0 Å². The summed E-state index contributed by atoms with van der Waals surface area (Å²) in [4.78, 5) is 72.0. The fourth-order valence-electron chi connectivity index (χ4n) is 9.07. The number of benzene rings is 4. The first-order valence-electron chi connectivity index (χ1n) is 25.1. The number of carboxylic acids is 2. The molecule has 0 radical (unpaired) electrons. The molecule has 2 aromatic heterocycles. The molecule has 74 heavy (non-hydrogen) atoms. The third-order valence-electron chi connectivity index (χ3n) is 13.2. The van der Waals surface area contributed by atoms with Crippen molar-refractivity contribution < 1.29 is 39.0 Å². The third kappa shape index (κ3) is 15.7. The summed E-state index contributed by atoms with van der Waals surface area (Å²) < 4.78 is 0. The van der Waals surface area contributed by atoms with Crippen LogP contribution < -0.4 is 31.9 Å². The number of anilines is 2. The van der Waals surface area contributed by atoms with Gasteiger partial charge in [-0.3, -0.25) is 29.8 Å². The zero-order valence-electron chi connectivity index (χ0n) is 41.7. The molecule has 1 saturated carbocycles. The molecule has 2 aliphatic rings. The van der Waals surface area contributed by atoms with Crippen LogP contribution in [0.5, 0.6) is 0 Å². The van der Waals surface area contributed by atoms with Crippen molar-refractivity contribution in [2.45, 2.75) is 102 Å². The number of rotatable bonds is 18. The molecule has 16 heteroatoms. The lowest BCUT2D eigenvalue weighted by atomic mass is 9.83. The number of aliphatic carboxylic acids is 2. The molecule has 0 saturated heterocycles. The molecule has 2 heterocycles. The zero-order chi connectivity index (χ0) is 52.4. The average Bonchev–Trinajstić information content (AvgIpc) is 4.02. The van der Waals surface area contributed by atoms with Crippen molar-refractivity contribution in [3.63, 3.8) is 0 Å². The van der Waals surface area contributed by atoms with Crippen LogP contribution in [0.3, 0.4) is 0 Å². The summed E-state index contributed by atoms with van der Waals surface area (Å²) in [5.74, 6) is -2.01. The highest BCUT2D eigenvalue weighted by Crippen LogP contribution is 2.35. The van der Waals surface area contributed by atoms with E-state index in [1.54, 1.807) is 24.3 Å². The van der Waals surface area contributed by atoms with Crippen molar-refractivity contribution >= 4 is 74.1 Å². The summed E-state index contributed by atoms with van der Waals surface area (Å²) in [6.07, 6.45) is 13.0. The van der Waals surface area contributed by atoms with Gasteiger partial charge in [0, 0.05) is 24.2 Å². The molecule has 6 aromatic rings. The summed E-state index contributed by atoms with van der Waals surface area (Å²) in [7, 11) is 0. The average molecular weight is 1040 g/mol. The Labute approximate surface area is 440 Å². The summed E-state index contributed by atoms with van der Waals surface area (Å²) in [6, 6.07) is 33.3. The standard InChI is InChI=1S/C29H33N3O4S.C29H31N3O4S/c2*1-19-16-18-37-28(19)32-29(36)31-26(22-9-7-21(8-10-22)20-5-3-2-4-6-20)23-11-13-24(14-12-23)27(35)30-17-15-25(33)34/h7-14,16,18,20,26H,2-6,15,17H2,1H3,(H,30,35)(H,33,34)(H2,31,32,36);5,7-14,16,18,26H,2-4,6,15,17H2,1H3,(H,30,35)(H,33,34)(H2,31,32,36). The predicted octanol–water partition coefficient (Wildman–Crippen LogP) is 12.3. The molecule has 4 aromatic carbocycles. The first kappa shape index (κ1) is 54.2. The SMILES string of the molecule is Cc1ccsc1NC(=O)NC(c1ccc(C(=O)NCCC(=O)O)cc1)c1ccc(C2=CCCCC2)cc1.Cc1ccsc1NC(=O)NC(c1ccc(C(=O)NCCC(=O)O)cc1)c1ccc(C2CCCCC2)cc1. The van der Waals surface area contributed by atoms with Crippen molar-refractivity contribution in [1.29, 1.82) is 0 Å². The lowest BCUT2D eigenvalue weighted by molar-refractivity contribution is -0.137. The van der Waals surface area contributed by atoms with Crippen molar-refractivity contribution in [2.24, 2.45) is 0 Å².